The number of nitrogens with two attached hydrogens (primary N) is 1. The number of nitrogens with zero attached hydrogens (tertiary/aromatic N) is 2. The molecule has 156 valence electrons. The molecule has 0 unspecified atom stereocenters. The zero-order valence-corrected chi connectivity index (χ0v) is 16.4. The van der Waals surface area contributed by atoms with Crippen molar-refractivity contribution in [2.75, 3.05) is 7.11 Å². The number of ether oxygens (including phenoxy) is 2. The number of aliphatic imine (C=N–C) groups is 1. The summed E-state index contributed by atoms with van der Waals surface area (Å²) in [5.74, 6) is 1.19. The van der Waals surface area contributed by atoms with Gasteiger partial charge in [-0.05, 0) is 37.1 Å². The van der Waals surface area contributed by atoms with Gasteiger partial charge in [0.15, 0.2) is 0 Å². The second kappa shape index (κ2) is 9.68. The summed E-state index contributed by atoms with van der Waals surface area (Å²) >= 11 is 0. The predicted octanol–water partition coefficient (Wildman–Crippen LogP) is 3.98. The van der Waals surface area contributed by atoms with E-state index in [1.807, 2.05) is 0 Å². The van der Waals surface area contributed by atoms with Crippen molar-refractivity contribution in [2.24, 2.45) is 10.7 Å². The number of aromatic nitrogens is 1. The van der Waals surface area contributed by atoms with Crippen LogP contribution in [0.4, 0.5) is 4.79 Å². The first-order valence-corrected chi connectivity index (χ1v) is 9.55. The molecule has 1 aliphatic carbocycles. The highest BCUT2D eigenvalue weighted by Gasteiger charge is 2.17. The number of carbonyl (C=O) groups excluding carboxylic acids is 1. The molecule has 0 radical (unpaired) electrons. The van der Waals surface area contributed by atoms with Gasteiger partial charge in [-0.3, -0.25) is 10.4 Å². The van der Waals surface area contributed by atoms with Crippen LogP contribution in [0.25, 0.3) is 11.1 Å². The van der Waals surface area contributed by atoms with Gasteiger partial charge in [0.05, 0.1) is 7.11 Å². The lowest BCUT2D eigenvalue weighted by molar-refractivity contribution is 0.192. The number of amidine groups is 1. The third kappa shape index (κ3) is 5.31. The number of rotatable bonds is 6. The topological polar surface area (TPSA) is 123 Å². The molecule has 0 aliphatic heterocycles. The fourth-order valence-electron chi connectivity index (χ4n) is 3.40. The largest absolute Gasteiger partial charge is 0.496 e. The summed E-state index contributed by atoms with van der Waals surface area (Å²) in [6, 6.07) is 7.11. The summed E-state index contributed by atoms with van der Waals surface area (Å²) < 4.78 is 10.9. The van der Waals surface area contributed by atoms with E-state index in [9.17, 15) is 4.79 Å². The molecule has 8 heteroatoms. The fourth-order valence-corrected chi connectivity index (χ4v) is 3.40. The van der Waals surface area contributed by atoms with Crippen LogP contribution in [0.5, 0.6) is 11.5 Å². The molecule has 1 saturated carbocycles. The number of benzene rings is 1. The molecule has 0 saturated heterocycles. The Balaban J connectivity index is 0.00000240. The number of hydrogen-bond donors (Lipinski definition) is 3. The van der Waals surface area contributed by atoms with Gasteiger partial charge in [0.2, 0.25) is 0 Å². The zero-order chi connectivity index (χ0) is 20.6. The van der Waals surface area contributed by atoms with Gasteiger partial charge < -0.3 is 20.5 Å². The number of nitrogens with one attached hydrogen (secondary N) is 2. The van der Waals surface area contributed by atoms with E-state index >= 15 is 0 Å². The molecule has 3 rings (SSSR count). The second-order valence-corrected chi connectivity index (χ2v) is 6.84. The van der Waals surface area contributed by atoms with Crippen LogP contribution in [0.1, 0.15) is 40.5 Å². The lowest BCUT2D eigenvalue weighted by Crippen LogP contribution is -2.37. The summed E-state index contributed by atoms with van der Waals surface area (Å²) in [7, 11) is 1.57. The molecule has 1 heterocycles. The van der Waals surface area contributed by atoms with Crippen molar-refractivity contribution in [3.05, 3.63) is 42.2 Å². The van der Waals surface area contributed by atoms with E-state index in [-0.39, 0.29) is 14.7 Å². The van der Waals surface area contributed by atoms with Crippen LogP contribution in [-0.2, 0) is 0 Å². The van der Waals surface area contributed by atoms with E-state index in [1.165, 1.54) is 6.42 Å². The smallest absolute Gasteiger partial charge is 0.412 e. The SMILES string of the molecule is COc1ccc(OC(=O)NC2CCCCC2)cc1-c1cncc(C(N)=NC=N)c1.[HH].[HH]. The minimum Gasteiger partial charge on any atom is -0.496 e. The highest BCUT2D eigenvalue weighted by molar-refractivity contribution is 6.01. The third-order valence-corrected chi connectivity index (χ3v) is 4.86. The van der Waals surface area contributed by atoms with Gasteiger partial charge in [-0.2, -0.15) is 0 Å². The van der Waals surface area contributed by atoms with Crippen LogP contribution in [0.3, 0.4) is 0 Å². The summed E-state index contributed by atoms with van der Waals surface area (Å²) in [5, 5.41) is 10.00. The Labute approximate surface area is 172 Å². The zero-order valence-electron chi connectivity index (χ0n) is 16.4. The van der Waals surface area contributed by atoms with Crippen LogP contribution in [0.2, 0.25) is 0 Å². The van der Waals surface area contributed by atoms with Gasteiger partial charge in [0, 0.05) is 38.0 Å². The number of pyridine rings is 1. The number of hydrogen-bond acceptors (Lipinski definition) is 5. The molecule has 0 spiro atoms. The Kier molecular flexibility index (Phi) is 6.78. The van der Waals surface area contributed by atoms with E-state index < -0.39 is 6.09 Å². The quantitative estimate of drug-likeness (QED) is 0.501. The maximum atomic E-state index is 12.3. The number of carbonyl (C=O) groups is 1. The van der Waals surface area contributed by atoms with Gasteiger partial charge in [0.25, 0.3) is 0 Å². The summed E-state index contributed by atoms with van der Waals surface area (Å²) in [4.78, 5) is 20.2. The molecule has 29 heavy (non-hydrogen) atoms. The van der Waals surface area contributed by atoms with Crippen LogP contribution in [0.15, 0.2) is 41.7 Å². The maximum Gasteiger partial charge on any atom is 0.412 e. The standard InChI is InChI=1S/C21H25N5O3.2H2/c1-28-19-8-7-17(29-21(27)26-16-5-3-2-4-6-16)10-18(19)14-9-15(12-24-11-14)20(23)25-13-22;;/h7-13,16H,2-6H2,1H3,(H,26,27)(H3,22,23,25);2*1H. The van der Waals surface area contributed by atoms with Crippen LogP contribution in [-0.4, -0.2) is 36.4 Å². The molecule has 1 aromatic carbocycles. The van der Waals surface area contributed by atoms with Gasteiger partial charge in [0.1, 0.15) is 23.7 Å². The summed E-state index contributed by atoms with van der Waals surface area (Å²) in [6.07, 6.45) is 9.10. The van der Waals surface area contributed by atoms with Gasteiger partial charge in [-0.25, -0.2) is 9.79 Å². The van der Waals surface area contributed by atoms with Crippen molar-refractivity contribution in [2.45, 2.75) is 38.1 Å². The lowest BCUT2D eigenvalue weighted by Gasteiger charge is -2.22. The summed E-state index contributed by atoms with van der Waals surface area (Å²) in [6.45, 7) is 0. The highest BCUT2D eigenvalue weighted by atomic mass is 16.6. The molecule has 1 aromatic heterocycles. The first-order chi connectivity index (χ1) is 14.1. The van der Waals surface area contributed by atoms with Gasteiger partial charge >= 0.3 is 6.09 Å². The molecular weight excluding hydrogens is 370 g/mol. The lowest BCUT2D eigenvalue weighted by atomic mass is 9.96. The highest BCUT2D eigenvalue weighted by Crippen LogP contribution is 2.33. The van der Waals surface area contributed by atoms with Crippen LogP contribution in [0, 0.1) is 5.41 Å². The van der Waals surface area contributed by atoms with E-state index in [0.29, 0.717) is 22.6 Å². The van der Waals surface area contributed by atoms with Crippen molar-refractivity contribution >= 4 is 18.3 Å². The molecule has 2 aromatic rings. The monoisotopic (exact) mass is 399 g/mol. The minimum absolute atomic E-state index is 0. The maximum absolute atomic E-state index is 12.3. The Morgan fingerprint density at radius 3 is 2.83 bits per heavy atom. The molecular formula is C21H29N5O3. The average Bonchev–Trinajstić information content (AvgIpc) is 2.74. The van der Waals surface area contributed by atoms with Crippen molar-refractivity contribution in [1.29, 1.82) is 5.41 Å². The molecule has 4 N–H and O–H groups in total. The number of methoxy groups -OCH3 is 1. The predicted molar refractivity (Wildman–Crippen MR) is 116 cm³/mol. The van der Waals surface area contributed by atoms with Gasteiger partial charge in [-0.1, -0.05) is 19.3 Å². The second-order valence-electron chi connectivity index (χ2n) is 6.84. The first-order valence-electron chi connectivity index (χ1n) is 9.55. The summed E-state index contributed by atoms with van der Waals surface area (Å²) in [5.41, 5.74) is 7.86. The fraction of sp³-hybridized carbons (Fsp3) is 0.333. The molecule has 0 atom stereocenters. The van der Waals surface area contributed by atoms with E-state index in [0.717, 1.165) is 37.6 Å². The van der Waals surface area contributed by atoms with Crippen molar-refractivity contribution in [1.82, 2.24) is 10.3 Å². The molecule has 8 nitrogen and oxygen atoms in total. The Bertz CT molecular complexity index is 918. The van der Waals surface area contributed by atoms with Crippen molar-refractivity contribution in [3.8, 4) is 22.6 Å². The third-order valence-electron chi connectivity index (χ3n) is 4.86. The Morgan fingerprint density at radius 2 is 2.10 bits per heavy atom. The Hall–Kier alpha value is -3.42. The molecule has 0 bridgehead atoms. The van der Waals surface area contributed by atoms with Crippen molar-refractivity contribution < 1.29 is 17.1 Å². The Morgan fingerprint density at radius 1 is 1.31 bits per heavy atom. The minimum atomic E-state index is -0.456. The van der Waals surface area contributed by atoms with E-state index in [1.54, 1.807) is 43.8 Å². The van der Waals surface area contributed by atoms with E-state index in [2.05, 4.69) is 15.3 Å². The normalized spacial score (nSPS) is 14.9. The molecule has 1 fully saturated rings. The van der Waals surface area contributed by atoms with Gasteiger partial charge in [-0.15, -0.1) is 0 Å². The van der Waals surface area contributed by atoms with E-state index in [4.69, 9.17) is 20.6 Å². The van der Waals surface area contributed by atoms with Crippen molar-refractivity contribution in [3.63, 3.8) is 0 Å². The first kappa shape index (κ1) is 20.3. The molecule has 1 aliphatic rings. The van der Waals surface area contributed by atoms with Crippen LogP contribution >= 0.6 is 0 Å². The average molecular weight is 399 g/mol. The number of amides is 1. The van der Waals surface area contributed by atoms with Crippen LogP contribution < -0.4 is 20.5 Å². The molecule has 1 amide bonds.